The van der Waals surface area contributed by atoms with Crippen LogP contribution in [0.15, 0.2) is 30.5 Å². The third kappa shape index (κ3) is 2.58. The van der Waals surface area contributed by atoms with Crippen molar-refractivity contribution in [2.75, 3.05) is 5.73 Å². The average molecular weight is 231 g/mol. The van der Waals surface area contributed by atoms with Crippen LogP contribution in [0.5, 0.6) is 11.8 Å². The minimum absolute atomic E-state index is 0.264. The van der Waals surface area contributed by atoms with Crippen molar-refractivity contribution in [1.29, 1.82) is 0 Å². The number of anilines is 1. The maximum absolute atomic E-state index is 5.72. The third-order valence-electron chi connectivity index (χ3n) is 2.50. The highest BCUT2D eigenvalue weighted by Crippen LogP contribution is 2.24. The molecule has 0 atom stereocenters. The van der Waals surface area contributed by atoms with Gasteiger partial charge in [0.05, 0.1) is 6.20 Å². The molecule has 0 aliphatic heterocycles. The Labute approximate surface area is 101 Å². The molecule has 1 aromatic carbocycles. The van der Waals surface area contributed by atoms with Crippen molar-refractivity contribution in [2.45, 2.75) is 26.8 Å². The van der Waals surface area contributed by atoms with Crippen molar-refractivity contribution in [1.82, 2.24) is 9.55 Å². The van der Waals surface area contributed by atoms with Crippen LogP contribution >= 0.6 is 0 Å². The fourth-order valence-electron chi connectivity index (χ4n) is 1.55. The van der Waals surface area contributed by atoms with E-state index >= 15 is 0 Å². The third-order valence-corrected chi connectivity index (χ3v) is 2.50. The Balaban J connectivity index is 2.26. The smallest absolute Gasteiger partial charge is 0.304 e. The number of benzene rings is 1. The largest absolute Gasteiger partial charge is 0.425 e. The number of nitrogens with zero attached hydrogens (tertiary/aromatic N) is 2. The van der Waals surface area contributed by atoms with Crippen LogP contribution in [0.2, 0.25) is 0 Å². The van der Waals surface area contributed by atoms with E-state index < -0.39 is 0 Å². The molecule has 2 N–H and O–H groups in total. The fraction of sp³-hybridized carbons (Fsp3) is 0.308. The van der Waals surface area contributed by atoms with Gasteiger partial charge in [-0.25, -0.2) is 0 Å². The highest BCUT2D eigenvalue weighted by molar-refractivity contribution is 5.33. The van der Waals surface area contributed by atoms with Gasteiger partial charge in [0.15, 0.2) is 0 Å². The zero-order valence-corrected chi connectivity index (χ0v) is 10.3. The van der Waals surface area contributed by atoms with E-state index in [1.54, 1.807) is 6.20 Å². The van der Waals surface area contributed by atoms with E-state index in [1.807, 2.05) is 35.8 Å². The number of hydrogen-bond acceptors (Lipinski definition) is 3. The van der Waals surface area contributed by atoms with E-state index in [2.05, 4.69) is 18.8 Å². The van der Waals surface area contributed by atoms with Gasteiger partial charge < -0.3 is 10.5 Å². The molecule has 0 radical (unpaired) electrons. The number of hydrogen-bond donors (Lipinski definition) is 1. The van der Waals surface area contributed by atoms with Crippen LogP contribution in [-0.4, -0.2) is 9.55 Å². The van der Waals surface area contributed by atoms with Gasteiger partial charge in [0.25, 0.3) is 0 Å². The van der Waals surface area contributed by atoms with Crippen LogP contribution in [0.25, 0.3) is 0 Å². The second-order valence-corrected chi connectivity index (χ2v) is 4.36. The normalized spacial score (nSPS) is 10.8. The molecule has 0 spiro atoms. The lowest BCUT2D eigenvalue weighted by molar-refractivity contribution is 0.396. The number of aryl methyl sites for hydroxylation is 1. The van der Waals surface area contributed by atoms with Gasteiger partial charge in [-0.1, -0.05) is 17.7 Å². The summed E-state index contributed by atoms with van der Waals surface area (Å²) in [6, 6.07) is 8.64. The Morgan fingerprint density at radius 2 is 1.88 bits per heavy atom. The predicted octanol–water partition coefficient (Wildman–Crippen LogP) is 3.15. The summed E-state index contributed by atoms with van der Waals surface area (Å²) in [5, 5.41) is 0. The highest BCUT2D eigenvalue weighted by atomic mass is 16.5. The summed E-state index contributed by atoms with van der Waals surface area (Å²) in [7, 11) is 0. The molecule has 0 bridgehead atoms. The van der Waals surface area contributed by atoms with Crippen molar-refractivity contribution < 1.29 is 4.74 Å². The molecule has 90 valence electrons. The lowest BCUT2D eigenvalue weighted by Crippen LogP contribution is -2.01. The summed E-state index contributed by atoms with van der Waals surface area (Å²) >= 11 is 0. The maximum Gasteiger partial charge on any atom is 0.304 e. The topological polar surface area (TPSA) is 53.1 Å². The average Bonchev–Trinajstić information content (AvgIpc) is 2.63. The molecule has 0 saturated heterocycles. The van der Waals surface area contributed by atoms with Gasteiger partial charge in [-0.2, -0.15) is 4.98 Å². The van der Waals surface area contributed by atoms with Crippen LogP contribution < -0.4 is 10.5 Å². The summed E-state index contributed by atoms with van der Waals surface area (Å²) in [5.74, 6) is 1.24. The van der Waals surface area contributed by atoms with Crippen LogP contribution in [0.1, 0.15) is 25.5 Å². The van der Waals surface area contributed by atoms with E-state index in [0.29, 0.717) is 11.8 Å². The molecule has 0 amide bonds. The minimum atomic E-state index is 0.264. The van der Waals surface area contributed by atoms with Gasteiger partial charge in [-0.15, -0.1) is 0 Å². The number of ether oxygens (including phenoxy) is 1. The molecular formula is C13H17N3O. The van der Waals surface area contributed by atoms with Crippen molar-refractivity contribution in [3.63, 3.8) is 0 Å². The van der Waals surface area contributed by atoms with Gasteiger partial charge >= 0.3 is 6.01 Å². The molecule has 0 saturated carbocycles. The summed E-state index contributed by atoms with van der Waals surface area (Å²) in [5.41, 5.74) is 6.88. The van der Waals surface area contributed by atoms with E-state index in [0.717, 1.165) is 5.75 Å². The lowest BCUT2D eigenvalue weighted by Gasteiger charge is -2.11. The summed E-state index contributed by atoms with van der Waals surface area (Å²) < 4.78 is 7.63. The number of rotatable bonds is 3. The van der Waals surface area contributed by atoms with Crippen molar-refractivity contribution >= 4 is 5.82 Å². The Bertz CT molecular complexity index is 500. The number of aromatic nitrogens is 2. The van der Waals surface area contributed by atoms with E-state index in [9.17, 15) is 0 Å². The Kier molecular flexibility index (Phi) is 3.04. The Morgan fingerprint density at radius 1 is 1.24 bits per heavy atom. The second-order valence-electron chi connectivity index (χ2n) is 4.36. The maximum atomic E-state index is 5.72. The van der Waals surface area contributed by atoms with Gasteiger partial charge in [-0.05, 0) is 32.9 Å². The molecule has 17 heavy (non-hydrogen) atoms. The molecule has 0 fully saturated rings. The summed E-state index contributed by atoms with van der Waals surface area (Å²) in [6.07, 6.45) is 1.79. The molecule has 4 nitrogen and oxygen atoms in total. The summed E-state index contributed by atoms with van der Waals surface area (Å²) in [6.45, 7) is 6.16. The molecule has 2 aromatic rings. The van der Waals surface area contributed by atoms with Crippen molar-refractivity contribution in [3.05, 3.63) is 36.0 Å². The molecule has 0 aliphatic carbocycles. The first kappa shape index (κ1) is 11.5. The molecule has 1 heterocycles. The van der Waals surface area contributed by atoms with Crippen molar-refractivity contribution in [2.24, 2.45) is 0 Å². The number of nitrogens with two attached hydrogens (primary N) is 1. The highest BCUT2D eigenvalue weighted by Gasteiger charge is 2.10. The standard InChI is InChI=1S/C13H17N3O/c1-9(2)16-8-12(14)15-13(16)17-11-6-4-10(3)5-7-11/h4-9H,14H2,1-3H3. The Morgan fingerprint density at radius 3 is 2.47 bits per heavy atom. The molecule has 4 heteroatoms. The number of imidazole rings is 1. The zero-order valence-electron chi connectivity index (χ0n) is 10.3. The first-order chi connectivity index (χ1) is 8.06. The van der Waals surface area contributed by atoms with E-state index in [-0.39, 0.29) is 6.04 Å². The quantitative estimate of drug-likeness (QED) is 0.882. The van der Waals surface area contributed by atoms with Crippen LogP contribution in [-0.2, 0) is 0 Å². The first-order valence-electron chi connectivity index (χ1n) is 5.65. The monoisotopic (exact) mass is 231 g/mol. The predicted molar refractivity (Wildman–Crippen MR) is 68.3 cm³/mol. The van der Waals surface area contributed by atoms with Crippen LogP contribution in [0.4, 0.5) is 5.82 Å². The fourth-order valence-corrected chi connectivity index (χ4v) is 1.55. The Hall–Kier alpha value is -1.97. The lowest BCUT2D eigenvalue weighted by atomic mass is 10.2. The van der Waals surface area contributed by atoms with Crippen LogP contribution in [0.3, 0.4) is 0 Å². The summed E-state index contributed by atoms with van der Waals surface area (Å²) in [4.78, 5) is 4.17. The molecular weight excluding hydrogens is 214 g/mol. The molecule has 2 rings (SSSR count). The van der Waals surface area contributed by atoms with Gasteiger partial charge in [0.1, 0.15) is 11.6 Å². The second kappa shape index (κ2) is 4.49. The zero-order chi connectivity index (χ0) is 12.4. The number of nitrogen functional groups attached to an aromatic ring is 1. The molecule has 0 unspecified atom stereocenters. The molecule has 1 aromatic heterocycles. The van der Waals surface area contributed by atoms with Crippen LogP contribution in [0, 0.1) is 6.92 Å². The van der Waals surface area contributed by atoms with Crippen molar-refractivity contribution in [3.8, 4) is 11.8 Å². The van der Waals surface area contributed by atoms with Gasteiger partial charge in [-0.3, -0.25) is 4.57 Å². The first-order valence-corrected chi connectivity index (χ1v) is 5.65. The van der Waals surface area contributed by atoms with E-state index in [4.69, 9.17) is 10.5 Å². The molecule has 0 aliphatic rings. The van der Waals surface area contributed by atoms with E-state index in [1.165, 1.54) is 5.56 Å². The SMILES string of the molecule is Cc1ccc(Oc2nc(N)cn2C(C)C)cc1. The minimum Gasteiger partial charge on any atom is -0.425 e. The van der Waals surface area contributed by atoms with Gasteiger partial charge in [0.2, 0.25) is 0 Å². The van der Waals surface area contributed by atoms with Gasteiger partial charge in [0, 0.05) is 6.04 Å².